The predicted molar refractivity (Wildman–Crippen MR) is 84.8 cm³/mol. The van der Waals surface area contributed by atoms with Gasteiger partial charge in [0.25, 0.3) is 0 Å². The molecule has 2 nitrogen and oxygen atoms in total. The zero-order valence-electron chi connectivity index (χ0n) is 12.9. The molecule has 0 bridgehead atoms. The van der Waals surface area contributed by atoms with Crippen LogP contribution < -0.4 is 5.32 Å². The molecule has 110 valence electrons. The van der Waals surface area contributed by atoms with Gasteiger partial charge in [0.05, 0.1) is 12.6 Å². The number of rotatable bonds is 6. The van der Waals surface area contributed by atoms with Crippen LogP contribution in [0.15, 0.2) is 42.2 Å². The van der Waals surface area contributed by atoms with Crippen molar-refractivity contribution in [3.63, 3.8) is 0 Å². The van der Waals surface area contributed by atoms with Crippen molar-refractivity contribution >= 4 is 0 Å². The minimum Gasteiger partial charge on any atom is -0.497 e. The summed E-state index contributed by atoms with van der Waals surface area (Å²) in [6, 6.07) is 11.1. The average Bonchev–Trinajstić information content (AvgIpc) is 2.53. The molecule has 0 saturated carbocycles. The third-order valence-electron chi connectivity index (χ3n) is 4.38. The van der Waals surface area contributed by atoms with Crippen LogP contribution in [0.4, 0.5) is 0 Å². The maximum atomic E-state index is 5.93. The SMILES string of the molecule is CCC(C)C(c1ccccc1)C(NC)C1=CCCCO1. The van der Waals surface area contributed by atoms with Gasteiger partial charge in [-0.2, -0.15) is 0 Å². The summed E-state index contributed by atoms with van der Waals surface area (Å²) in [5.74, 6) is 2.20. The molecule has 0 radical (unpaired) electrons. The number of likely N-dealkylation sites (N-methyl/N-ethyl adjacent to an activating group) is 1. The summed E-state index contributed by atoms with van der Waals surface area (Å²) < 4.78 is 5.93. The molecule has 3 unspecified atom stereocenters. The minimum atomic E-state index is 0.271. The van der Waals surface area contributed by atoms with Crippen LogP contribution in [-0.2, 0) is 4.74 Å². The molecule has 0 spiro atoms. The van der Waals surface area contributed by atoms with Crippen LogP contribution in [0.5, 0.6) is 0 Å². The highest BCUT2D eigenvalue weighted by Gasteiger charge is 2.30. The van der Waals surface area contributed by atoms with E-state index in [9.17, 15) is 0 Å². The van der Waals surface area contributed by atoms with Crippen molar-refractivity contribution in [2.24, 2.45) is 5.92 Å². The van der Waals surface area contributed by atoms with E-state index in [2.05, 4.69) is 55.6 Å². The fraction of sp³-hybridized carbons (Fsp3) is 0.556. The minimum absolute atomic E-state index is 0.271. The van der Waals surface area contributed by atoms with Crippen molar-refractivity contribution in [1.82, 2.24) is 5.32 Å². The van der Waals surface area contributed by atoms with Crippen molar-refractivity contribution in [3.8, 4) is 0 Å². The van der Waals surface area contributed by atoms with Gasteiger partial charge in [0.2, 0.25) is 0 Å². The largest absolute Gasteiger partial charge is 0.497 e. The van der Waals surface area contributed by atoms with Crippen LogP contribution in [-0.4, -0.2) is 19.7 Å². The fourth-order valence-electron chi connectivity index (χ4n) is 3.07. The molecule has 0 saturated heterocycles. The van der Waals surface area contributed by atoms with Crippen molar-refractivity contribution in [2.45, 2.75) is 45.1 Å². The molecule has 2 heteroatoms. The zero-order chi connectivity index (χ0) is 14.4. The van der Waals surface area contributed by atoms with E-state index in [4.69, 9.17) is 4.74 Å². The monoisotopic (exact) mass is 273 g/mol. The Balaban J connectivity index is 2.31. The highest BCUT2D eigenvalue weighted by Crippen LogP contribution is 2.34. The van der Waals surface area contributed by atoms with E-state index in [1.54, 1.807) is 0 Å². The molecule has 1 aromatic carbocycles. The number of hydrogen-bond donors (Lipinski definition) is 1. The first-order valence-corrected chi connectivity index (χ1v) is 7.83. The number of ether oxygens (including phenoxy) is 1. The van der Waals surface area contributed by atoms with Crippen molar-refractivity contribution in [1.29, 1.82) is 0 Å². The second kappa shape index (κ2) is 7.49. The summed E-state index contributed by atoms with van der Waals surface area (Å²) >= 11 is 0. The summed E-state index contributed by atoms with van der Waals surface area (Å²) in [7, 11) is 2.04. The Morgan fingerprint density at radius 1 is 1.25 bits per heavy atom. The van der Waals surface area contributed by atoms with E-state index in [1.807, 2.05) is 7.05 Å². The topological polar surface area (TPSA) is 21.3 Å². The highest BCUT2D eigenvalue weighted by molar-refractivity contribution is 5.26. The lowest BCUT2D eigenvalue weighted by molar-refractivity contribution is 0.154. The summed E-state index contributed by atoms with van der Waals surface area (Å²) in [4.78, 5) is 0. The van der Waals surface area contributed by atoms with E-state index in [-0.39, 0.29) is 6.04 Å². The van der Waals surface area contributed by atoms with Crippen molar-refractivity contribution in [2.75, 3.05) is 13.7 Å². The molecule has 2 rings (SSSR count). The van der Waals surface area contributed by atoms with E-state index in [0.29, 0.717) is 11.8 Å². The molecule has 1 heterocycles. The summed E-state index contributed by atoms with van der Waals surface area (Å²) in [5.41, 5.74) is 1.40. The molecule has 0 aromatic heterocycles. The second-order valence-corrected chi connectivity index (χ2v) is 5.69. The first kappa shape index (κ1) is 15.1. The molecule has 1 aliphatic rings. The van der Waals surface area contributed by atoms with Gasteiger partial charge in [-0.1, -0.05) is 50.6 Å². The van der Waals surface area contributed by atoms with E-state index >= 15 is 0 Å². The van der Waals surface area contributed by atoms with Crippen LogP contribution in [0.25, 0.3) is 0 Å². The Morgan fingerprint density at radius 3 is 2.55 bits per heavy atom. The number of hydrogen-bond acceptors (Lipinski definition) is 2. The molecule has 0 aliphatic carbocycles. The van der Waals surface area contributed by atoms with E-state index in [0.717, 1.165) is 25.2 Å². The average molecular weight is 273 g/mol. The quantitative estimate of drug-likeness (QED) is 0.842. The standard InChI is InChI=1S/C18H27NO/c1-4-14(2)17(15-10-6-5-7-11-15)18(19-3)16-12-8-9-13-20-16/h5-7,10-12,14,17-19H,4,8-9,13H2,1-3H3. The first-order valence-electron chi connectivity index (χ1n) is 7.83. The third-order valence-corrected chi connectivity index (χ3v) is 4.38. The molecular formula is C18H27NO. The molecule has 1 N–H and O–H groups in total. The Morgan fingerprint density at radius 2 is 2.00 bits per heavy atom. The van der Waals surface area contributed by atoms with Gasteiger partial charge < -0.3 is 10.1 Å². The van der Waals surface area contributed by atoms with Gasteiger partial charge in [-0.3, -0.25) is 0 Å². The van der Waals surface area contributed by atoms with Crippen LogP contribution in [0.2, 0.25) is 0 Å². The van der Waals surface area contributed by atoms with Gasteiger partial charge in [-0.25, -0.2) is 0 Å². The third kappa shape index (κ3) is 3.43. The maximum absolute atomic E-state index is 5.93. The Bertz CT molecular complexity index is 426. The van der Waals surface area contributed by atoms with Crippen molar-refractivity contribution in [3.05, 3.63) is 47.7 Å². The number of benzene rings is 1. The second-order valence-electron chi connectivity index (χ2n) is 5.69. The predicted octanol–water partition coefficient (Wildman–Crippen LogP) is 4.10. The van der Waals surface area contributed by atoms with Crippen LogP contribution in [0.3, 0.4) is 0 Å². The molecule has 0 fully saturated rings. The number of allylic oxidation sites excluding steroid dienone is 1. The van der Waals surface area contributed by atoms with Gasteiger partial charge in [0, 0.05) is 5.92 Å². The Labute approximate surface area is 123 Å². The molecule has 1 aliphatic heterocycles. The van der Waals surface area contributed by atoms with Gasteiger partial charge in [-0.15, -0.1) is 0 Å². The lowest BCUT2D eigenvalue weighted by Crippen LogP contribution is -2.38. The summed E-state index contributed by atoms with van der Waals surface area (Å²) in [6.45, 7) is 5.46. The van der Waals surface area contributed by atoms with Crippen LogP contribution in [0.1, 0.15) is 44.6 Å². The zero-order valence-corrected chi connectivity index (χ0v) is 12.9. The molecular weight excluding hydrogens is 246 g/mol. The first-order chi connectivity index (χ1) is 9.77. The highest BCUT2D eigenvalue weighted by atomic mass is 16.5. The molecule has 0 amide bonds. The van der Waals surface area contributed by atoms with Crippen LogP contribution in [0, 0.1) is 5.92 Å². The molecule has 20 heavy (non-hydrogen) atoms. The lowest BCUT2D eigenvalue weighted by Gasteiger charge is -2.34. The summed E-state index contributed by atoms with van der Waals surface area (Å²) in [6.07, 6.45) is 5.71. The van der Waals surface area contributed by atoms with Crippen LogP contribution >= 0.6 is 0 Å². The van der Waals surface area contributed by atoms with E-state index in [1.165, 1.54) is 12.0 Å². The van der Waals surface area contributed by atoms with Crippen molar-refractivity contribution < 1.29 is 4.74 Å². The normalized spacial score (nSPS) is 19.6. The van der Waals surface area contributed by atoms with Gasteiger partial charge in [0.15, 0.2) is 0 Å². The van der Waals surface area contributed by atoms with Gasteiger partial charge in [0.1, 0.15) is 5.76 Å². The Kier molecular flexibility index (Phi) is 5.66. The fourth-order valence-corrected chi connectivity index (χ4v) is 3.07. The van der Waals surface area contributed by atoms with E-state index < -0.39 is 0 Å². The summed E-state index contributed by atoms with van der Waals surface area (Å²) in [5, 5.41) is 3.49. The van der Waals surface area contributed by atoms with Gasteiger partial charge in [-0.05, 0) is 37.4 Å². The maximum Gasteiger partial charge on any atom is 0.110 e. The van der Waals surface area contributed by atoms with Gasteiger partial charge >= 0.3 is 0 Å². The molecule has 3 atom stereocenters. The Hall–Kier alpha value is -1.28. The molecule has 1 aromatic rings. The number of nitrogens with one attached hydrogen (secondary N) is 1. The smallest absolute Gasteiger partial charge is 0.110 e. The lowest BCUT2D eigenvalue weighted by atomic mass is 9.79.